The SMILES string of the molecule is CCCCN(CCCC)c1cc2c(cc1C)C1(OC(=O)c3ccccc31)c1cc(Nc3ccccc3)c(C)cc1O2. The van der Waals surface area contributed by atoms with Gasteiger partial charge in [0.15, 0.2) is 5.60 Å². The lowest BCUT2D eigenvalue weighted by atomic mass is 9.76. The molecule has 0 bridgehead atoms. The zero-order valence-electron chi connectivity index (χ0n) is 24.4. The number of rotatable bonds is 9. The molecule has 41 heavy (non-hydrogen) atoms. The molecule has 2 aliphatic rings. The smallest absolute Gasteiger partial charge is 0.340 e. The van der Waals surface area contributed by atoms with Crippen molar-refractivity contribution in [2.45, 2.75) is 59.0 Å². The number of carbonyl (C=O) groups excluding carboxylic acids is 1. The van der Waals surface area contributed by atoms with Crippen LogP contribution in [0.15, 0.2) is 78.9 Å². The minimum absolute atomic E-state index is 0.313. The summed E-state index contributed by atoms with van der Waals surface area (Å²) in [4.78, 5) is 15.9. The number of para-hydroxylation sites is 1. The fourth-order valence-electron chi connectivity index (χ4n) is 6.16. The van der Waals surface area contributed by atoms with Crippen molar-refractivity contribution >= 4 is 23.0 Å². The molecule has 2 aliphatic heterocycles. The minimum atomic E-state index is -1.10. The highest BCUT2D eigenvalue weighted by molar-refractivity contribution is 5.97. The van der Waals surface area contributed by atoms with Crippen LogP contribution >= 0.6 is 0 Å². The van der Waals surface area contributed by atoms with Crippen molar-refractivity contribution in [3.63, 3.8) is 0 Å². The molecule has 0 saturated heterocycles. The van der Waals surface area contributed by atoms with Crippen LogP contribution < -0.4 is 15.0 Å². The van der Waals surface area contributed by atoms with E-state index in [1.807, 2.05) is 54.6 Å². The summed E-state index contributed by atoms with van der Waals surface area (Å²) in [7, 11) is 0. The van der Waals surface area contributed by atoms with Crippen LogP contribution in [0.25, 0.3) is 0 Å². The highest BCUT2D eigenvalue weighted by Gasteiger charge is 2.54. The van der Waals surface area contributed by atoms with E-state index in [2.05, 4.69) is 62.2 Å². The lowest BCUT2D eigenvalue weighted by Gasteiger charge is -2.38. The molecule has 1 N–H and O–H groups in total. The molecule has 0 amide bonds. The van der Waals surface area contributed by atoms with Gasteiger partial charge < -0.3 is 19.7 Å². The molecule has 2 heterocycles. The van der Waals surface area contributed by atoms with Crippen LogP contribution in [-0.4, -0.2) is 19.1 Å². The molecule has 0 radical (unpaired) electrons. The fourth-order valence-corrected chi connectivity index (χ4v) is 6.16. The van der Waals surface area contributed by atoms with Gasteiger partial charge in [0, 0.05) is 52.9 Å². The van der Waals surface area contributed by atoms with E-state index in [0.717, 1.165) is 83.7 Å². The summed E-state index contributed by atoms with van der Waals surface area (Å²) in [6.07, 6.45) is 4.56. The Kier molecular flexibility index (Phi) is 7.21. The lowest BCUT2D eigenvalue weighted by molar-refractivity contribution is 0.0224. The third kappa shape index (κ3) is 4.63. The summed E-state index contributed by atoms with van der Waals surface area (Å²) in [5, 5.41) is 3.56. The molecule has 210 valence electrons. The predicted octanol–water partition coefficient (Wildman–Crippen LogP) is 9.02. The first-order chi connectivity index (χ1) is 20.0. The molecule has 1 unspecified atom stereocenters. The van der Waals surface area contributed by atoms with Crippen LogP contribution in [0, 0.1) is 13.8 Å². The monoisotopic (exact) mass is 546 g/mol. The molecule has 4 aromatic carbocycles. The molecule has 0 fully saturated rings. The zero-order valence-corrected chi connectivity index (χ0v) is 24.4. The maximum absolute atomic E-state index is 13.4. The van der Waals surface area contributed by atoms with Gasteiger partial charge in [0.25, 0.3) is 0 Å². The minimum Gasteiger partial charge on any atom is -0.456 e. The van der Waals surface area contributed by atoms with Gasteiger partial charge in [-0.3, -0.25) is 0 Å². The van der Waals surface area contributed by atoms with Crippen LogP contribution in [0.3, 0.4) is 0 Å². The summed E-state index contributed by atoms with van der Waals surface area (Å²) < 4.78 is 13.2. The Morgan fingerprint density at radius 2 is 1.41 bits per heavy atom. The Bertz CT molecular complexity index is 1590. The second-order valence-corrected chi connectivity index (χ2v) is 11.2. The number of esters is 1. The third-order valence-electron chi connectivity index (χ3n) is 8.33. The molecule has 0 aromatic heterocycles. The molecule has 4 aromatic rings. The molecule has 0 saturated carbocycles. The van der Waals surface area contributed by atoms with Crippen molar-refractivity contribution in [1.29, 1.82) is 0 Å². The first-order valence-corrected chi connectivity index (χ1v) is 14.8. The van der Waals surface area contributed by atoms with Gasteiger partial charge in [-0.25, -0.2) is 4.79 Å². The largest absolute Gasteiger partial charge is 0.456 e. The van der Waals surface area contributed by atoms with E-state index >= 15 is 0 Å². The number of nitrogens with zero attached hydrogens (tertiary/aromatic N) is 1. The Morgan fingerprint density at radius 3 is 2.15 bits per heavy atom. The van der Waals surface area contributed by atoms with E-state index in [0.29, 0.717) is 11.3 Å². The summed E-state index contributed by atoms with van der Waals surface area (Å²) in [5.41, 5.74) is 7.36. The lowest BCUT2D eigenvalue weighted by Crippen LogP contribution is -2.34. The summed E-state index contributed by atoms with van der Waals surface area (Å²) in [6, 6.07) is 26.3. The normalized spacial score (nSPS) is 16.4. The van der Waals surface area contributed by atoms with Gasteiger partial charge in [0.2, 0.25) is 0 Å². The van der Waals surface area contributed by atoms with E-state index in [9.17, 15) is 4.79 Å². The van der Waals surface area contributed by atoms with Gasteiger partial charge in [-0.2, -0.15) is 0 Å². The predicted molar refractivity (Wildman–Crippen MR) is 166 cm³/mol. The highest BCUT2D eigenvalue weighted by atomic mass is 16.6. The molecule has 1 spiro atoms. The number of carbonyl (C=O) groups is 1. The van der Waals surface area contributed by atoms with Crippen molar-refractivity contribution in [2.24, 2.45) is 0 Å². The van der Waals surface area contributed by atoms with Gasteiger partial charge in [-0.05, 0) is 74.2 Å². The number of unbranched alkanes of at least 4 members (excludes halogenated alkanes) is 2. The van der Waals surface area contributed by atoms with Crippen LogP contribution in [-0.2, 0) is 10.3 Å². The van der Waals surface area contributed by atoms with Gasteiger partial charge in [0.1, 0.15) is 11.5 Å². The van der Waals surface area contributed by atoms with Crippen molar-refractivity contribution in [1.82, 2.24) is 0 Å². The van der Waals surface area contributed by atoms with Crippen LogP contribution in [0.1, 0.15) is 77.7 Å². The van der Waals surface area contributed by atoms with Gasteiger partial charge >= 0.3 is 5.97 Å². The molecule has 5 heteroatoms. The van der Waals surface area contributed by atoms with Crippen molar-refractivity contribution < 1.29 is 14.3 Å². The average molecular weight is 547 g/mol. The van der Waals surface area contributed by atoms with Crippen molar-refractivity contribution in [3.8, 4) is 11.5 Å². The summed E-state index contributed by atoms with van der Waals surface area (Å²) in [6.45, 7) is 10.7. The summed E-state index contributed by atoms with van der Waals surface area (Å²) in [5.74, 6) is 1.14. The number of hydrogen-bond donors (Lipinski definition) is 1. The van der Waals surface area contributed by atoms with Crippen LogP contribution in [0.4, 0.5) is 17.1 Å². The van der Waals surface area contributed by atoms with E-state index < -0.39 is 5.60 Å². The number of hydrogen-bond acceptors (Lipinski definition) is 5. The van der Waals surface area contributed by atoms with Gasteiger partial charge in [-0.1, -0.05) is 63.1 Å². The zero-order chi connectivity index (χ0) is 28.6. The number of nitrogens with one attached hydrogen (secondary N) is 1. The van der Waals surface area contributed by atoms with Gasteiger partial charge in [-0.15, -0.1) is 0 Å². The number of fused-ring (bicyclic) bond motifs is 6. The van der Waals surface area contributed by atoms with E-state index in [-0.39, 0.29) is 5.97 Å². The Morgan fingerprint density at radius 1 is 0.756 bits per heavy atom. The Labute approximate surface area is 243 Å². The van der Waals surface area contributed by atoms with E-state index in [1.54, 1.807) is 0 Å². The molecular weight excluding hydrogens is 508 g/mol. The molecule has 6 rings (SSSR count). The maximum Gasteiger partial charge on any atom is 0.340 e. The van der Waals surface area contributed by atoms with Crippen LogP contribution in [0.2, 0.25) is 0 Å². The van der Waals surface area contributed by atoms with E-state index in [4.69, 9.17) is 9.47 Å². The van der Waals surface area contributed by atoms with Crippen molar-refractivity contribution in [2.75, 3.05) is 23.3 Å². The number of benzene rings is 4. The number of anilines is 3. The topological polar surface area (TPSA) is 50.8 Å². The first kappa shape index (κ1) is 26.9. The first-order valence-electron chi connectivity index (χ1n) is 14.8. The van der Waals surface area contributed by atoms with Crippen molar-refractivity contribution in [3.05, 3.63) is 112 Å². The van der Waals surface area contributed by atoms with Gasteiger partial charge in [0.05, 0.1) is 5.56 Å². The molecule has 5 nitrogen and oxygen atoms in total. The quantitative estimate of drug-likeness (QED) is 0.212. The molecule has 0 aliphatic carbocycles. The maximum atomic E-state index is 13.4. The average Bonchev–Trinajstić information content (AvgIpc) is 3.28. The summed E-state index contributed by atoms with van der Waals surface area (Å²) >= 11 is 0. The standard InChI is InChI=1S/C36H38N2O3/c1-5-7-18-38(19-8-6-2)32-23-34-29(20-25(32)4)36(28-17-13-12-16-27(28)35(39)41-36)30-22-31(24(3)21-33(30)40-34)37-26-14-10-9-11-15-26/h9-17,20-23,37H,5-8,18-19H2,1-4H3. The number of ether oxygens (including phenoxy) is 2. The molecular formula is C36H38N2O3. The van der Waals surface area contributed by atoms with E-state index in [1.165, 1.54) is 5.69 Å². The Balaban J connectivity index is 1.54. The fraction of sp³-hybridized carbons (Fsp3) is 0.306. The number of aryl methyl sites for hydroxylation is 2. The Hall–Kier alpha value is -4.25. The third-order valence-corrected chi connectivity index (χ3v) is 8.33. The highest BCUT2D eigenvalue weighted by Crippen LogP contribution is 2.57. The van der Waals surface area contributed by atoms with Crippen LogP contribution in [0.5, 0.6) is 11.5 Å². The second kappa shape index (κ2) is 11.0. The second-order valence-electron chi connectivity index (χ2n) is 11.2. The molecule has 1 atom stereocenters.